The lowest BCUT2D eigenvalue weighted by Gasteiger charge is -2.14. The van der Waals surface area contributed by atoms with Crippen molar-refractivity contribution in [1.82, 2.24) is 10.3 Å². The normalized spacial score (nSPS) is 12.2. The number of halogens is 1. The van der Waals surface area contributed by atoms with Gasteiger partial charge < -0.3 is 5.32 Å². The third kappa shape index (κ3) is 3.22. The first-order valence-electron chi connectivity index (χ1n) is 5.97. The van der Waals surface area contributed by atoms with Crippen molar-refractivity contribution in [3.05, 3.63) is 49.9 Å². The quantitative estimate of drug-likeness (QED) is 0.918. The van der Waals surface area contributed by atoms with E-state index in [0.29, 0.717) is 10.2 Å². The average molecular weight is 339 g/mol. The molecule has 1 amide bonds. The van der Waals surface area contributed by atoms with Gasteiger partial charge in [-0.2, -0.15) is 0 Å². The summed E-state index contributed by atoms with van der Waals surface area (Å²) in [5.41, 5.74) is 1.59. The molecule has 1 unspecified atom stereocenters. The van der Waals surface area contributed by atoms with Crippen LogP contribution in [0.1, 0.15) is 38.8 Å². The lowest BCUT2D eigenvalue weighted by molar-refractivity contribution is 0.0934. The maximum absolute atomic E-state index is 12.2. The number of pyridine rings is 1. The minimum atomic E-state index is -0.164. The van der Waals surface area contributed by atoms with Crippen LogP contribution in [0.4, 0.5) is 0 Å². The number of aryl methyl sites for hydroxylation is 2. The van der Waals surface area contributed by atoms with Crippen molar-refractivity contribution < 1.29 is 4.79 Å². The number of nitrogens with one attached hydrogen (secondary N) is 1. The number of hydrogen-bond donors (Lipinski definition) is 1. The molecule has 19 heavy (non-hydrogen) atoms. The number of carbonyl (C=O) groups excluding carboxylic acids is 1. The minimum Gasteiger partial charge on any atom is -0.344 e. The van der Waals surface area contributed by atoms with Gasteiger partial charge in [0.05, 0.1) is 6.04 Å². The molecule has 0 aliphatic rings. The molecular formula is C14H15BrN2OS. The molecule has 2 aromatic heterocycles. The SMILES string of the molecule is Cc1cc(C(C)NC(=O)c2ncccc2Br)c(C)s1. The summed E-state index contributed by atoms with van der Waals surface area (Å²) in [6.07, 6.45) is 1.62. The Kier molecular flexibility index (Phi) is 4.37. The second-order valence-electron chi connectivity index (χ2n) is 4.40. The molecule has 0 saturated carbocycles. The fraction of sp³-hybridized carbons (Fsp3) is 0.286. The lowest BCUT2D eigenvalue weighted by atomic mass is 10.1. The van der Waals surface area contributed by atoms with Gasteiger partial charge in [-0.15, -0.1) is 11.3 Å². The molecule has 0 spiro atoms. The summed E-state index contributed by atoms with van der Waals surface area (Å²) in [6, 6.07) is 5.70. The van der Waals surface area contributed by atoms with Crippen LogP contribution in [0.2, 0.25) is 0 Å². The molecule has 0 aromatic carbocycles. The Bertz CT molecular complexity index is 609. The molecule has 2 rings (SSSR count). The van der Waals surface area contributed by atoms with E-state index in [1.807, 2.05) is 13.0 Å². The van der Waals surface area contributed by atoms with Crippen molar-refractivity contribution in [3.8, 4) is 0 Å². The smallest absolute Gasteiger partial charge is 0.271 e. The zero-order valence-corrected chi connectivity index (χ0v) is 13.4. The van der Waals surface area contributed by atoms with Crippen LogP contribution in [0.3, 0.4) is 0 Å². The van der Waals surface area contributed by atoms with Gasteiger partial charge in [-0.25, -0.2) is 4.98 Å². The monoisotopic (exact) mass is 338 g/mol. The first-order valence-corrected chi connectivity index (χ1v) is 7.58. The van der Waals surface area contributed by atoms with Crippen molar-refractivity contribution in [1.29, 1.82) is 0 Å². The van der Waals surface area contributed by atoms with E-state index in [1.54, 1.807) is 23.6 Å². The molecule has 0 aliphatic heterocycles. The van der Waals surface area contributed by atoms with Crippen LogP contribution in [0.5, 0.6) is 0 Å². The van der Waals surface area contributed by atoms with E-state index in [9.17, 15) is 4.79 Å². The largest absolute Gasteiger partial charge is 0.344 e. The molecule has 1 N–H and O–H groups in total. The summed E-state index contributed by atoms with van der Waals surface area (Å²) < 4.78 is 0.706. The van der Waals surface area contributed by atoms with Crippen molar-refractivity contribution in [2.24, 2.45) is 0 Å². The standard InChI is InChI=1S/C14H15BrN2OS/c1-8-7-11(10(3)19-8)9(2)17-14(18)13-12(15)5-4-6-16-13/h4-7,9H,1-3H3,(H,17,18). The number of aromatic nitrogens is 1. The third-order valence-electron chi connectivity index (χ3n) is 2.87. The maximum Gasteiger partial charge on any atom is 0.271 e. The maximum atomic E-state index is 12.2. The van der Waals surface area contributed by atoms with Gasteiger partial charge in [0.25, 0.3) is 5.91 Å². The van der Waals surface area contributed by atoms with E-state index >= 15 is 0 Å². The van der Waals surface area contributed by atoms with Crippen LogP contribution in [0.15, 0.2) is 28.9 Å². The van der Waals surface area contributed by atoms with E-state index in [0.717, 1.165) is 0 Å². The Hall–Kier alpha value is -1.20. The first-order chi connectivity index (χ1) is 8.99. The molecule has 1 atom stereocenters. The number of amides is 1. The Labute approximate surface area is 125 Å². The lowest BCUT2D eigenvalue weighted by Crippen LogP contribution is -2.27. The summed E-state index contributed by atoms with van der Waals surface area (Å²) in [6.45, 7) is 6.14. The second kappa shape index (κ2) is 5.84. The van der Waals surface area contributed by atoms with Crippen LogP contribution < -0.4 is 5.32 Å². The fourth-order valence-corrected chi connectivity index (χ4v) is 3.43. The van der Waals surface area contributed by atoms with Gasteiger partial charge in [0, 0.05) is 20.4 Å². The van der Waals surface area contributed by atoms with Crippen molar-refractivity contribution in [2.75, 3.05) is 0 Å². The van der Waals surface area contributed by atoms with E-state index in [4.69, 9.17) is 0 Å². The van der Waals surface area contributed by atoms with Crippen molar-refractivity contribution >= 4 is 33.2 Å². The molecule has 0 radical (unpaired) electrons. The van der Waals surface area contributed by atoms with Gasteiger partial charge >= 0.3 is 0 Å². The molecule has 100 valence electrons. The molecular weight excluding hydrogens is 324 g/mol. The highest BCUT2D eigenvalue weighted by molar-refractivity contribution is 9.10. The van der Waals surface area contributed by atoms with E-state index < -0.39 is 0 Å². The number of thiophene rings is 1. The Morgan fingerprint density at radius 3 is 2.79 bits per heavy atom. The predicted molar refractivity (Wildman–Crippen MR) is 81.6 cm³/mol. The van der Waals surface area contributed by atoms with Crippen LogP contribution in [-0.2, 0) is 0 Å². The molecule has 0 bridgehead atoms. The van der Waals surface area contributed by atoms with E-state index in [2.05, 4.69) is 46.1 Å². The zero-order chi connectivity index (χ0) is 14.0. The number of hydrogen-bond acceptors (Lipinski definition) is 3. The summed E-state index contributed by atoms with van der Waals surface area (Å²) >= 11 is 5.09. The van der Waals surface area contributed by atoms with Gasteiger partial charge in [-0.1, -0.05) is 0 Å². The number of carbonyl (C=O) groups is 1. The molecule has 0 fully saturated rings. The highest BCUT2D eigenvalue weighted by atomic mass is 79.9. The molecule has 0 saturated heterocycles. The van der Waals surface area contributed by atoms with Crippen LogP contribution in [0, 0.1) is 13.8 Å². The predicted octanol–water partition coefficient (Wildman–Crippen LogP) is 4.01. The van der Waals surface area contributed by atoms with E-state index in [1.165, 1.54) is 15.3 Å². The summed E-state index contributed by atoms with van der Waals surface area (Å²) in [5.74, 6) is -0.164. The summed E-state index contributed by atoms with van der Waals surface area (Å²) in [5, 5.41) is 2.98. The number of rotatable bonds is 3. The summed E-state index contributed by atoms with van der Waals surface area (Å²) in [4.78, 5) is 18.8. The first kappa shape index (κ1) is 14.2. The summed E-state index contributed by atoms with van der Waals surface area (Å²) in [7, 11) is 0. The second-order valence-corrected chi connectivity index (χ2v) is 6.71. The zero-order valence-electron chi connectivity index (χ0n) is 11.0. The molecule has 5 heteroatoms. The third-order valence-corrected chi connectivity index (χ3v) is 4.49. The minimum absolute atomic E-state index is 0.0219. The molecule has 2 aromatic rings. The number of nitrogens with zero attached hydrogens (tertiary/aromatic N) is 1. The van der Waals surface area contributed by atoms with Crippen LogP contribution >= 0.6 is 27.3 Å². The molecule has 3 nitrogen and oxygen atoms in total. The Balaban J connectivity index is 2.15. The van der Waals surface area contributed by atoms with Crippen molar-refractivity contribution in [2.45, 2.75) is 26.8 Å². The molecule has 0 aliphatic carbocycles. The Morgan fingerprint density at radius 2 is 2.21 bits per heavy atom. The van der Waals surface area contributed by atoms with Gasteiger partial charge in [-0.05, 0) is 60.5 Å². The fourth-order valence-electron chi connectivity index (χ4n) is 1.98. The average Bonchev–Trinajstić information content (AvgIpc) is 2.69. The van der Waals surface area contributed by atoms with Gasteiger partial charge in [0.1, 0.15) is 5.69 Å². The van der Waals surface area contributed by atoms with Gasteiger partial charge in [0.2, 0.25) is 0 Å². The van der Waals surface area contributed by atoms with Gasteiger partial charge in [-0.3, -0.25) is 4.79 Å². The topological polar surface area (TPSA) is 42.0 Å². The Morgan fingerprint density at radius 1 is 1.47 bits per heavy atom. The van der Waals surface area contributed by atoms with E-state index in [-0.39, 0.29) is 11.9 Å². The highest BCUT2D eigenvalue weighted by Crippen LogP contribution is 2.26. The van der Waals surface area contributed by atoms with Crippen LogP contribution in [0.25, 0.3) is 0 Å². The van der Waals surface area contributed by atoms with Gasteiger partial charge in [0.15, 0.2) is 0 Å². The highest BCUT2D eigenvalue weighted by Gasteiger charge is 2.17. The van der Waals surface area contributed by atoms with Crippen LogP contribution in [-0.4, -0.2) is 10.9 Å². The van der Waals surface area contributed by atoms with Crippen molar-refractivity contribution in [3.63, 3.8) is 0 Å². The molecule has 2 heterocycles.